The first-order chi connectivity index (χ1) is 9.07. The molecule has 0 aliphatic heterocycles. The SMILES string of the molecule is Cn1c(CC2(N)CCCCC2)nc2ccc(F)cc21. The zero-order chi connectivity index (χ0) is 13.5. The molecule has 1 aliphatic carbocycles. The van der Waals surface area contributed by atoms with Gasteiger partial charge in [0.15, 0.2) is 0 Å². The molecule has 1 fully saturated rings. The van der Waals surface area contributed by atoms with Gasteiger partial charge in [-0.05, 0) is 31.0 Å². The van der Waals surface area contributed by atoms with Crippen LogP contribution < -0.4 is 5.73 Å². The third-order valence-corrected chi connectivity index (χ3v) is 4.30. The minimum absolute atomic E-state index is 0.133. The van der Waals surface area contributed by atoms with E-state index in [1.807, 2.05) is 11.6 Å². The summed E-state index contributed by atoms with van der Waals surface area (Å²) in [5.41, 5.74) is 8.04. The van der Waals surface area contributed by atoms with E-state index < -0.39 is 0 Å². The Morgan fingerprint density at radius 3 is 2.79 bits per heavy atom. The molecule has 0 bridgehead atoms. The molecule has 3 nitrogen and oxygen atoms in total. The molecule has 102 valence electrons. The molecule has 0 spiro atoms. The number of rotatable bonds is 2. The van der Waals surface area contributed by atoms with E-state index in [1.165, 1.54) is 31.4 Å². The van der Waals surface area contributed by atoms with Crippen LogP contribution in [-0.2, 0) is 13.5 Å². The second-order valence-electron chi connectivity index (χ2n) is 5.82. The molecule has 2 aromatic rings. The van der Waals surface area contributed by atoms with Gasteiger partial charge in [-0.15, -0.1) is 0 Å². The predicted molar refractivity (Wildman–Crippen MR) is 74.4 cm³/mol. The summed E-state index contributed by atoms with van der Waals surface area (Å²) in [4.78, 5) is 4.61. The van der Waals surface area contributed by atoms with Gasteiger partial charge in [0.2, 0.25) is 0 Å². The van der Waals surface area contributed by atoms with Gasteiger partial charge in [-0.25, -0.2) is 9.37 Å². The van der Waals surface area contributed by atoms with Crippen molar-refractivity contribution in [1.82, 2.24) is 9.55 Å². The molecule has 19 heavy (non-hydrogen) atoms. The van der Waals surface area contributed by atoms with Crippen molar-refractivity contribution < 1.29 is 4.39 Å². The fourth-order valence-corrected chi connectivity index (χ4v) is 3.12. The van der Waals surface area contributed by atoms with Crippen LogP contribution in [0.4, 0.5) is 4.39 Å². The lowest BCUT2D eigenvalue weighted by atomic mass is 9.80. The monoisotopic (exact) mass is 261 g/mol. The molecule has 3 rings (SSSR count). The molecule has 0 atom stereocenters. The Labute approximate surface area is 112 Å². The second-order valence-corrected chi connectivity index (χ2v) is 5.82. The fourth-order valence-electron chi connectivity index (χ4n) is 3.12. The highest BCUT2D eigenvalue weighted by Gasteiger charge is 2.29. The van der Waals surface area contributed by atoms with Crippen molar-refractivity contribution in [2.24, 2.45) is 12.8 Å². The van der Waals surface area contributed by atoms with Crippen LogP contribution in [0.3, 0.4) is 0 Å². The lowest BCUT2D eigenvalue weighted by Crippen LogP contribution is -2.44. The van der Waals surface area contributed by atoms with Gasteiger partial charge < -0.3 is 10.3 Å². The van der Waals surface area contributed by atoms with Gasteiger partial charge in [-0.3, -0.25) is 0 Å². The Balaban J connectivity index is 1.94. The Bertz CT molecular complexity index is 597. The van der Waals surface area contributed by atoms with E-state index in [0.717, 1.165) is 36.1 Å². The maximum Gasteiger partial charge on any atom is 0.125 e. The van der Waals surface area contributed by atoms with Gasteiger partial charge in [0.1, 0.15) is 11.6 Å². The van der Waals surface area contributed by atoms with Gasteiger partial charge in [-0.1, -0.05) is 19.3 Å². The molecular weight excluding hydrogens is 241 g/mol. The molecule has 1 aromatic heterocycles. The lowest BCUT2D eigenvalue weighted by molar-refractivity contribution is 0.288. The van der Waals surface area contributed by atoms with Crippen molar-refractivity contribution in [2.45, 2.75) is 44.1 Å². The Hall–Kier alpha value is -1.42. The second kappa shape index (κ2) is 4.60. The average Bonchev–Trinajstić information content (AvgIpc) is 2.67. The highest BCUT2D eigenvalue weighted by Crippen LogP contribution is 2.29. The lowest BCUT2D eigenvalue weighted by Gasteiger charge is -2.33. The van der Waals surface area contributed by atoms with Crippen LogP contribution in [-0.4, -0.2) is 15.1 Å². The topological polar surface area (TPSA) is 43.8 Å². The van der Waals surface area contributed by atoms with E-state index in [4.69, 9.17) is 5.73 Å². The van der Waals surface area contributed by atoms with Gasteiger partial charge in [0, 0.05) is 19.0 Å². The number of fused-ring (bicyclic) bond motifs is 1. The molecule has 1 aliphatic rings. The van der Waals surface area contributed by atoms with E-state index in [1.54, 1.807) is 6.07 Å². The molecular formula is C15H20FN3. The van der Waals surface area contributed by atoms with Gasteiger partial charge in [0.05, 0.1) is 11.0 Å². The van der Waals surface area contributed by atoms with Crippen LogP contribution in [0.1, 0.15) is 37.9 Å². The highest BCUT2D eigenvalue weighted by molar-refractivity contribution is 5.76. The average molecular weight is 261 g/mol. The Morgan fingerprint density at radius 2 is 2.05 bits per heavy atom. The number of hydrogen-bond acceptors (Lipinski definition) is 2. The van der Waals surface area contributed by atoms with Gasteiger partial charge in [-0.2, -0.15) is 0 Å². The van der Waals surface area contributed by atoms with E-state index in [2.05, 4.69) is 4.98 Å². The molecule has 1 saturated carbocycles. The van der Waals surface area contributed by atoms with Crippen molar-refractivity contribution in [2.75, 3.05) is 0 Å². The zero-order valence-electron chi connectivity index (χ0n) is 11.3. The van der Waals surface area contributed by atoms with Crippen molar-refractivity contribution >= 4 is 11.0 Å². The summed E-state index contributed by atoms with van der Waals surface area (Å²) in [6.07, 6.45) is 6.59. The first-order valence-electron chi connectivity index (χ1n) is 6.97. The number of hydrogen-bond donors (Lipinski definition) is 1. The van der Waals surface area contributed by atoms with Crippen molar-refractivity contribution in [3.8, 4) is 0 Å². The summed E-state index contributed by atoms with van der Waals surface area (Å²) in [5.74, 6) is 0.743. The summed E-state index contributed by atoms with van der Waals surface area (Å²) >= 11 is 0. The molecule has 0 saturated heterocycles. The molecule has 0 unspecified atom stereocenters. The number of halogens is 1. The van der Waals surface area contributed by atoms with E-state index in [9.17, 15) is 4.39 Å². The number of nitrogens with zero attached hydrogens (tertiary/aromatic N) is 2. The van der Waals surface area contributed by atoms with Crippen LogP contribution in [0.15, 0.2) is 18.2 Å². The third kappa shape index (κ3) is 2.37. The first-order valence-corrected chi connectivity index (χ1v) is 6.97. The summed E-state index contributed by atoms with van der Waals surface area (Å²) in [7, 11) is 1.94. The Morgan fingerprint density at radius 1 is 1.32 bits per heavy atom. The minimum atomic E-state index is -0.220. The number of aromatic nitrogens is 2. The standard InChI is InChI=1S/C15H20FN3/c1-19-13-9-11(16)5-6-12(13)18-14(19)10-15(17)7-3-2-4-8-15/h5-6,9H,2-4,7-8,10,17H2,1H3. The Kier molecular flexibility index (Phi) is 3.05. The maximum absolute atomic E-state index is 13.3. The zero-order valence-corrected chi connectivity index (χ0v) is 11.3. The van der Waals surface area contributed by atoms with Crippen molar-refractivity contribution in [1.29, 1.82) is 0 Å². The molecule has 4 heteroatoms. The third-order valence-electron chi connectivity index (χ3n) is 4.30. The molecule has 2 N–H and O–H groups in total. The number of nitrogens with two attached hydrogens (primary N) is 1. The van der Waals surface area contributed by atoms with Gasteiger partial charge in [0.25, 0.3) is 0 Å². The fraction of sp³-hybridized carbons (Fsp3) is 0.533. The predicted octanol–water partition coefficient (Wildman–Crippen LogP) is 2.92. The smallest absolute Gasteiger partial charge is 0.125 e. The normalized spacial score (nSPS) is 18.9. The summed E-state index contributed by atoms with van der Waals surface area (Å²) in [6.45, 7) is 0. The van der Waals surface area contributed by atoms with Crippen molar-refractivity contribution in [3.05, 3.63) is 29.8 Å². The maximum atomic E-state index is 13.3. The first kappa shape index (κ1) is 12.6. The highest BCUT2D eigenvalue weighted by atomic mass is 19.1. The number of aryl methyl sites for hydroxylation is 1. The van der Waals surface area contributed by atoms with Gasteiger partial charge >= 0.3 is 0 Å². The minimum Gasteiger partial charge on any atom is -0.331 e. The van der Waals surface area contributed by atoms with E-state index >= 15 is 0 Å². The quantitative estimate of drug-likeness (QED) is 0.903. The van der Waals surface area contributed by atoms with Crippen LogP contribution in [0, 0.1) is 5.82 Å². The summed E-state index contributed by atoms with van der Waals surface area (Å²) in [5, 5.41) is 0. The molecule has 0 amide bonds. The van der Waals surface area contributed by atoms with Crippen LogP contribution in [0.2, 0.25) is 0 Å². The van der Waals surface area contributed by atoms with Crippen LogP contribution in [0.5, 0.6) is 0 Å². The number of benzene rings is 1. The summed E-state index contributed by atoms with van der Waals surface area (Å²) < 4.78 is 15.3. The van der Waals surface area contributed by atoms with Crippen LogP contribution in [0.25, 0.3) is 11.0 Å². The summed E-state index contributed by atoms with van der Waals surface area (Å²) in [6, 6.07) is 4.73. The van der Waals surface area contributed by atoms with E-state index in [0.29, 0.717) is 0 Å². The molecule has 0 radical (unpaired) electrons. The molecule has 1 heterocycles. The van der Waals surface area contributed by atoms with Crippen LogP contribution >= 0.6 is 0 Å². The van der Waals surface area contributed by atoms with Crippen molar-refractivity contribution in [3.63, 3.8) is 0 Å². The number of imidazole rings is 1. The van der Waals surface area contributed by atoms with E-state index in [-0.39, 0.29) is 11.4 Å². The molecule has 1 aromatic carbocycles. The largest absolute Gasteiger partial charge is 0.331 e.